The van der Waals surface area contributed by atoms with Gasteiger partial charge in [-0.2, -0.15) is 0 Å². The van der Waals surface area contributed by atoms with E-state index in [4.69, 9.17) is 9.47 Å². The summed E-state index contributed by atoms with van der Waals surface area (Å²) in [5.74, 6) is -0.206. The smallest absolute Gasteiger partial charge is 0.268 e. The van der Waals surface area contributed by atoms with Gasteiger partial charge in [0.2, 0.25) is 0 Å². The van der Waals surface area contributed by atoms with Gasteiger partial charge in [-0.05, 0) is 81.5 Å². The minimum atomic E-state index is -3.71. The van der Waals surface area contributed by atoms with Gasteiger partial charge >= 0.3 is 0 Å². The third-order valence-electron chi connectivity index (χ3n) is 7.55. The van der Waals surface area contributed by atoms with E-state index in [0.29, 0.717) is 4.90 Å². The number of fused-ring (bicyclic) bond motifs is 10. The highest BCUT2D eigenvalue weighted by Crippen LogP contribution is 2.62. The van der Waals surface area contributed by atoms with Crippen LogP contribution in [0.1, 0.15) is 59.9 Å². The second-order valence-electron chi connectivity index (χ2n) is 9.78. The lowest BCUT2D eigenvalue weighted by Crippen LogP contribution is -2.30. The zero-order valence-corrected chi connectivity index (χ0v) is 19.3. The summed E-state index contributed by atoms with van der Waals surface area (Å²) < 4.78 is 41.4. The molecule has 2 bridgehead atoms. The van der Waals surface area contributed by atoms with Crippen molar-refractivity contribution < 1.29 is 17.9 Å². The van der Waals surface area contributed by atoms with Crippen LogP contribution in [-0.4, -0.2) is 30.4 Å². The van der Waals surface area contributed by atoms with Gasteiger partial charge in [0.1, 0.15) is 0 Å². The first-order valence-corrected chi connectivity index (χ1v) is 12.4. The van der Waals surface area contributed by atoms with Crippen LogP contribution in [0.15, 0.2) is 41.4 Å². The van der Waals surface area contributed by atoms with Crippen LogP contribution in [0.2, 0.25) is 0 Å². The summed E-state index contributed by atoms with van der Waals surface area (Å²) in [6, 6.07) is 9.02. The molecular formula is C25H27NO4S. The Kier molecular flexibility index (Phi) is 3.78. The van der Waals surface area contributed by atoms with Crippen LogP contribution in [0.4, 0.5) is 0 Å². The maximum Gasteiger partial charge on any atom is 0.268 e. The second kappa shape index (κ2) is 6.00. The first kappa shape index (κ1) is 19.5. The zero-order chi connectivity index (χ0) is 21.9. The van der Waals surface area contributed by atoms with Gasteiger partial charge in [-0.3, -0.25) is 0 Å². The molecule has 3 aromatic rings. The average molecular weight is 438 g/mol. The molecule has 0 N–H and O–H groups in total. The van der Waals surface area contributed by atoms with E-state index in [1.807, 2.05) is 39.0 Å². The molecule has 2 aromatic carbocycles. The van der Waals surface area contributed by atoms with E-state index in [-0.39, 0.29) is 24.0 Å². The van der Waals surface area contributed by atoms with Gasteiger partial charge < -0.3 is 9.47 Å². The van der Waals surface area contributed by atoms with Crippen LogP contribution < -0.4 is 0 Å². The summed E-state index contributed by atoms with van der Waals surface area (Å²) >= 11 is 0. The Morgan fingerprint density at radius 1 is 0.903 bits per heavy atom. The molecule has 1 aliphatic heterocycles. The quantitative estimate of drug-likeness (QED) is 0.572. The monoisotopic (exact) mass is 437 g/mol. The molecule has 0 spiro atoms. The van der Waals surface area contributed by atoms with Crippen LogP contribution in [0.3, 0.4) is 0 Å². The Morgan fingerprint density at radius 2 is 1.52 bits per heavy atom. The third kappa shape index (κ3) is 2.47. The Hall–Kier alpha value is -2.15. The SMILES string of the molecule is Cc1ccc(S(=O)(=O)n2ccc3c(C)c(C)c4c(c32)[C@H]2C[C@@H]4C3OC(C)(C)OC32)cc1. The molecule has 1 saturated heterocycles. The van der Waals surface area contributed by atoms with Crippen molar-refractivity contribution in [3.8, 4) is 0 Å². The Morgan fingerprint density at radius 3 is 2.16 bits per heavy atom. The number of hydrogen-bond donors (Lipinski definition) is 0. The number of aromatic nitrogens is 1. The Bertz CT molecular complexity index is 1350. The van der Waals surface area contributed by atoms with Crippen LogP contribution in [-0.2, 0) is 19.5 Å². The van der Waals surface area contributed by atoms with Crippen molar-refractivity contribution in [2.45, 2.75) is 75.8 Å². The number of ether oxygens (including phenoxy) is 2. The average Bonchev–Trinajstić information content (AvgIpc) is 3.43. The van der Waals surface area contributed by atoms with Crippen molar-refractivity contribution in [1.29, 1.82) is 0 Å². The number of benzene rings is 2. The molecule has 4 atom stereocenters. The van der Waals surface area contributed by atoms with Gasteiger partial charge in [0, 0.05) is 23.4 Å². The van der Waals surface area contributed by atoms with Gasteiger partial charge in [-0.15, -0.1) is 0 Å². The molecule has 2 aliphatic carbocycles. The van der Waals surface area contributed by atoms with Gasteiger partial charge in [-0.25, -0.2) is 12.4 Å². The van der Waals surface area contributed by atoms with Gasteiger partial charge in [-0.1, -0.05) is 17.7 Å². The van der Waals surface area contributed by atoms with Crippen molar-refractivity contribution in [2.24, 2.45) is 0 Å². The number of aryl methyl sites for hydroxylation is 2. The number of rotatable bonds is 2. The molecule has 3 aliphatic rings. The normalized spacial score (nSPS) is 28.3. The first-order valence-electron chi connectivity index (χ1n) is 10.9. The maximum absolute atomic E-state index is 13.7. The molecule has 2 fully saturated rings. The lowest BCUT2D eigenvalue weighted by molar-refractivity contribution is -0.153. The van der Waals surface area contributed by atoms with E-state index in [1.165, 1.54) is 15.1 Å². The summed E-state index contributed by atoms with van der Waals surface area (Å²) in [6.07, 6.45) is 2.69. The summed E-state index contributed by atoms with van der Waals surface area (Å²) in [6.45, 7) is 10.1. The third-order valence-corrected chi connectivity index (χ3v) is 9.24. The van der Waals surface area contributed by atoms with Crippen LogP contribution >= 0.6 is 0 Å². The van der Waals surface area contributed by atoms with Crippen molar-refractivity contribution in [2.75, 3.05) is 0 Å². The molecule has 0 amide bonds. The topological polar surface area (TPSA) is 57.5 Å². The number of nitrogens with zero attached hydrogens (tertiary/aromatic N) is 1. The van der Waals surface area contributed by atoms with Crippen molar-refractivity contribution in [3.05, 3.63) is 64.3 Å². The zero-order valence-electron chi connectivity index (χ0n) is 18.5. The van der Waals surface area contributed by atoms with Gasteiger partial charge in [0.05, 0.1) is 22.6 Å². The van der Waals surface area contributed by atoms with E-state index in [9.17, 15) is 8.42 Å². The van der Waals surface area contributed by atoms with Crippen molar-refractivity contribution in [1.82, 2.24) is 3.97 Å². The van der Waals surface area contributed by atoms with E-state index >= 15 is 0 Å². The first-order chi connectivity index (χ1) is 14.6. The Labute approximate surface area is 183 Å². The highest BCUT2D eigenvalue weighted by atomic mass is 32.2. The largest absolute Gasteiger partial charge is 0.344 e. The van der Waals surface area contributed by atoms with Crippen LogP contribution in [0.25, 0.3) is 10.9 Å². The van der Waals surface area contributed by atoms with E-state index in [2.05, 4.69) is 13.8 Å². The molecule has 0 radical (unpaired) electrons. The minimum absolute atomic E-state index is 0.0248. The molecule has 6 heteroatoms. The molecular weight excluding hydrogens is 410 g/mol. The number of hydrogen-bond acceptors (Lipinski definition) is 4. The van der Waals surface area contributed by atoms with Crippen molar-refractivity contribution in [3.63, 3.8) is 0 Å². The van der Waals surface area contributed by atoms with Crippen LogP contribution in [0, 0.1) is 20.8 Å². The maximum atomic E-state index is 13.7. The fourth-order valence-corrected chi connectivity index (χ4v) is 7.50. The molecule has 31 heavy (non-hydrogen) atoms. The van der Waals surface area contributed by atoms with E-state index in [0.717, 1.165) is 34.0 Å². The predicted molar refractivity (Wildman–Crippen MR) is 119 cm³/mol. The van der Waals surface area contributed by atoms with Gasteiger partial charge in [0.25, 0.3) is 10.0 Å². The molecule has 1 aromatic heterocycles. The molecule has 5 nitrogen and oxygen atoms in total. The molecule has 2 unspecified atom stereocenters. The van der Waals surface area contributed by atoms with Crippen LogP contribution in [0.5, 0.6) is 0 Å². The highest BCUT2D eigenvalue weighted by Gasteiger charge is 2.60. The molecule has 6 rings (SSSR count). The fourth-order valence-electron chi connectivity index (χ4n) is 6.14. The Balaban J connectivity index is 1.61. The lowest BCUT2D eigenvalue weighted by Gasteiger charge is -2.28. The summed E-state index contributed by atoms with van der Waals surface area (Å²) in [5.41, 5.74) is 6.68. The van der Waals surface area contributed by atoms with E-state index in [1.54, 1.807) is 18.3 Å². The lowest BCUT2D eigenvalue weighted by atomic mass is 9.82. The molecule has 162 valence electrons. The summed E-state index contributed by atoms with van der Waals surface area (Å²) in [5, 5.41) is 1.01. The fraction of sp³-hybridized carbons (Fsp3) is 0.440. The van der Waals surface area contributed by atoms with Gasteiger partial charge in [0.15, 0.2) is 5.79 Å². The van der Waals surface area contributed by atoms with Crippen molar-refractivity contribution >= 4 is 20.9 Å². The van der Waals surface area contributed by atoms with E-state index < -0.39 is 15.8 Å². The minimum Gasteiger partial charge on any atom is -0.344 e. The molecule has 2 heterocycles. The predicted octanol–water partition coefficient (Wildman–Crippen LogP) is 4.91. The summed E-state index contributed by atoms with van der Waals surface area (Å²) in [4.78, 5) is 0.310. The second-order valence-corrected chi connectivity index (χ2v) is 11.6. The standard InChI is InChI=1S/C25H27NO4S/c1-13-6-8-16(9-7-13)31(27,28)26-11-10-17-14(2)15(3)20-18-12-19(21(20)22(17)26)24-23(18)29-25(4,5)30-24/h6-11,18-19,23-24H,12H2,1-5H3/t18-,19+,23?,24?/m0/s1. The summed E-state index contributed by atoms with van der Waals surface area (Å²) in [7, 11) is -3.71. The molecule has 1 saturated carbocycles. The highest BCUT2D eigenvalue weighted by molar-refractivity contribution is 7.90.